The summed E-state index contributed by atoms with van der Waals surface area (Å²) in [5.41, 5.74) is 0.532. The summed E-state index contributed by atoms with van der Waals surface area (Å²) in [6, 6.07) is 7.44. The number of hydrogen-bond acceptors (Lipinski definition) is 3. The number of rotatable bonds is 3. The van der Waals surface area contributed by atoms with Crippen molar-refractivity contribution < 1.29 is 9.90 Å². The summed E-state index contributed by atoms with van der Waals surface area (Å²) in [6.45, 7) is 0. The minimum atomic E-state index is -0.804. The molecule has 0 fully saturated rings. The van der Waals surface area contributed by atoms with E-state index in [-0.39, 0.29) is 0 Å². The fourth-order valence-electron chi connectivity index (χ4n) is 1.33. The van der Waals surface area contributed by atoms with Gasteiger partial charge in [0.25, 0.3) is 0 Å². The Labute approximate surface area is 107 Å². The molecule has 0 saturated carbocycles. The van der Waals surface area contributed by atoms with Gasteiger partial charge in [-0.05, 0) is 24.3 Å². The molecule has 1 aromatic carbocycles. The summed E-state index contributed by atoms with van der Waals surface area (Å²) < 4.78 is 0. The maximum absolute atomic E-state index is 11.0. The van der Waals surface area contributed by atoms with E-state index >= 15 is 0 Å². The Morgan fingerprint density at radius 1 is 1.31 bits per heavy atom. The van der Waals surface area contributed by atoms with Crippen molar-refractivity contribution in [3.05, 3.63) is 39.8 Å². The molecule has 1 aliphatic rings. The SMILES string of the molecule is O=C(O)C1=C(Sc2ccc(Cl)cc2)CSC1. The highest BCUT2D eigenvalue weighted by atomic mass is 35.5. The Morgan fingerprint density at radius 2 is 2.00 bits per heavy atom. The molecule has 2 nitrogen and oxygen atoms in total. The first-order chi connectivity index (χ1) is 7.66. The van der Waals surface area contributed by atoms with Gasteiger partial charge in [-0.3, -0.25) is 0 Å². The van der Waals surface area contributed by atoms with Gasteiger partial charge in [0.1, 0.15) is 0 Å². The van der Waals surface area contributed by atoms with Crippen LogP contribution in [-0.4, -0.2) is 22.6 Å². The highest BCUT2D eigenvalue weighted by Crippen LogP contribution is 2.37. The summed E-state index contributed by atoms with van der Waals surface area (Å²) in [6.07, 6.45) is 0. The van der Waals surface area contributed by atoms with Gasteiger partial charge in [0.15, 0.2) is 0 Å². The summed E-state index contributed by atoms with van der Waals surface area (Å²) in [5, 5.41) is 9.69. The lowest BCUT2D eigenvalue weighted by Gasteiger charge is -2.03. The Bertz CT molecular complexity index is 440. The number of carboxylic acid groups (broad SMARTS) is 1. The molecule has 0 bridgehead atoms. The molecule has 1 aromatic rings. The zero-order valence-electron chi connectivity index (χ0n) is 8.27. The first kappa shape index (κ1) is 11.9. The van der Waals surface area contributed by atoms with Crippen LogP contribution < -0.4 is 0 Å². The van der Waals surface area contributed by atoms with Crippen LogP contribution in [0.2, 0.25) is 5.02 Å². The van der Waals surface area contributed by atoms with E-state index in [1.165, 1.54) is 11.8 Å². The number of aliphatic carboxylic acids is 1. The predicted octanol–water partition coefficient (Wildman–Crippen LogP) is 3.52. The van der Waals surface area contributed by atoms with Gasteiger partial charge in [-0.15, -0.1) is 0 Å². The number of halogens is 1. The summed E-state index contributed by atoms with van der Waals surface area (Å²) in [5.74, 6) is 0.585. The molecular formula is C11H9ClO2S2. The fraction of sp³-hybridized carbons (Fsp3) is 0.182. The zero-order valence-corrected chi connectivity index (χ0v) is 10.7. The molecule has 0 aromatic heterocycles. The van der Waals surface area contributed by atoms with Gasteiger partial charge in [0.2, 0.25) is 0 Å². The number of hydrogen-bond donors (Lipinski definition) is 1. The minimum absolute atomic E-state index is 0.532. The maximum atomic E-state index is 11.0. The molecule has 1 heterocycles. The fourth-order valence-corrected chi connectivity index (χ4v) is 3.84. The second kappa shape index (κ2) is 5.17. The molecule has 0 spiro atoms. The van der Waals surface area contributed by atoms with Crippen LogP contribution in [0.1, 0.15) is 0 Å². The van der Waals surface area contributed by atoms with Crippen molar-refractivity contribution in [2.24, 2.45) is 0 Å². The van der Waals surface area contributed by atoms with Crippen LogP contribution in [0.4, 0.5) is 0 Å². The molecule has 1 N–H and O–H groups in total. The van der Waals surface area contributed by atoms with Crippen LogP contribution in [0.15, 0.2) is 39.6 Å². The highest BCUT2D eigenvalue weighted by molar-refractivity contribution is 8.06. The van der Waals surface area contributed by atoms with E-state index < -0.39 is 5.97 Å². The normalized spacial score (nSPS) is 15.6. The molecule has 0 amide bonds. The van der Waals surface area contributed by atoms with E-state index in [4.69, 9.17) is 16.7 Å². The van der Waals surface area contributed by atoms with E-state index in [2.05, 4.69) is 0 Å². The van der Waals surface area contributed by atoms with Gasteiger partial charge >= 0.3 is 5.97 Å². The van der Waals surface area contributed by atoms with Gasteiger partial charge in [0.05, 0.1) is 5.57 Å². The second-order valence-electron chi connectivity index (χ2n) is 3.26. The first-order valence-electron chi connectivity index (χ1n) is 4.63. The van der Waals surface area contributed by atoms with Crippen LogP contribution in [0.5, 0.6) is 0 Å². The van der Waals surface area contributed by atoms with Crippen molar-refractivity contribution in [3.8, 4) is 0 Å². The third-order valence-corrected chi connectivity index (χ3v) is 4.69. The summed E-state index contributed by atoms with van der Waals surface area (Å²) in [7, 11) is 0. The second-order valence-corrected chi connectivity index (χ2v) is 5.85. The van der Waals surface area contributed by atoms with Crippen LogP contribution in [0.25, 0.3) is 0 Å². The van der Waals surface area contributed by atoms with Crippen molar-refractivity contribution in [1.82, 2.24) is 0 Å². The molecule has 2 rings (SSSR count). The number of carbonyl (C=O) groups is 1. The van der Waals surface area contributed by atoms with Crippen LogP contribution >= 0.6 is 35.1 Å². The van der Waals surface area contributed by atoms with Crippen molar-refractivity contribution in [2.75, 3.05) is 11.5 Å². The lowest BCUT2D eigenvalue weighted by molar-refractivity contribution is -0.132. The molecule has 0 radical (unpaired) electrons. The number of carboxylic acids is 1. The van der Waals surface area contributed by atoms with Gasteiger partial charge < -0.3 is 5.11 Å². The molecule has 0 atom stereocenters. The largest absolute Gasteiger partial charge is 0.478 e. The molecular weight excluding hydrogens is 264 g/mol. The van der Waals surface area contributed by atoms with Crippen LogP contribution in [-0.2, 0) is 4.79 Å². The van der Waals surface area contributed by atoms with Crippen molar-refractivity contribution in [1.29, 1.82) is 0 Å². The topological polar surface area (TPSA) is 37.3 Å². The lowest BCUT2D eigenvalue weighted by Crippen LogP contribution is -2.01. The van der Waals surface area contributed by atoms with E-state index in [1.807, 2.05) is 24.3 Å². The predicted molar refractivity (Wildman–Crippen MR) is 69.3 cm³/mol. The zero-order chi connectivity index (χ0) is 11.5. The molecule has 0 aliphatic carbocycles. The quantitative estimate of drug-likeness (QED) is 0.914. The Kier molecular flexibility index (Phi) is 3.84. The third kappa shape index (κ3) is 2.75. The van der Waals surface area contributed by atoms with E-state index in [9.17, 15) is 4.79 Å². The van der Waals surface area contributed by atoms with E-state index in [1.54, 1.807) is 11.8 Å². The molecule has 0 saturated heterocycles. The first-order valence-corrected chi connectivity index (χ1v) is 6.98. The van der Waals surface area contributed by atoms with Gasteiger partial charge in [0, 0.05) is 26.3 Å². The highest BCUT2D eigenvalue weighted by Gasteiger charge is 2.21. The monoisotopic (exact) mass is 272 g/mol. The minimum Gasteiger partial charge on any atom is -0.478 e. The Morgan fingerprint density at radius 3 is 2.62 bits per heavy atom. The molecule has 84 valence electrons. The maximum Gasteiger partial charge on any atom is 0.333 e. The molecule has 1 aliphatic heterocycles. The summed E-state index contributed by atoms with van der Waals surface area (Å²) in [4.78, 5) is 12.9. The molecule has 5 heteroatoms. The van der Waals surface area contributed by atoms with Gasteiger partial charge in [-0.2, -0.15) is 11.8 Å². The average molecular weight is 273 g/mol. The Balaban J connectivity index is 2.18. The molecule has 16 heavy (non-hydrogen) atoms. The smallest absolute Gasteiger partial charge is 0.333 e. The average Bonchev–Trinajstić information content (AvgIpc) is 2.69. The lowest BCUT2D eigenvalue weighted by atomic mass is 10.3. The van der Waals surface area contributed by atoms with E-state index in [0.29, 0.717) is 16.3 Å². The third-order valence-electron chi connectivity index (χ3n) is 2.13. The van der Waals surface area contributed by atoms with Crippen LogP contribution in [0, 0.1) is 0 Å². The Hall–Kier alpha value is -0.580. The number of benzene rings is 1. The van der Waals surface area contributed by atoms with Crippen molar-refractivity contribution in [2.45, 2.75) is 4.90 Å². The van der Waals surface area contributed by atoms with Crippen molar-refractivity contribution in [3.63, 3.8) is 0 Å². The van der Waals surface area contributed by atoms with Gasteiger partial charge in [-0.25, -0.2) is 4.79 Å². The standard InChI is InChI=1S/C11H9ClO2S2/c12-7-1-3-8(4-2-7)16-10-6-15-5-9(10)11(13)14/h1-4H,5-6H2,(H,13,14). The number of thioether (sulfide) groups is 2. The van der Waals surface area contributed by atoms with Crippen LogP contribution in [0.3, 0.4) is 0 Å². The van der Waals surface area contributed by atoms with E-state index in [0.717, 1.165) is 15.6 Å². The van der Waals surface area contributed by atoms with Crippen molar-refractivity contribution >= 4 is 41.1 Å². The summed E-state index contributed by atoms with van der Waals surface area (Å²) >= 11 is 8.94. The molecule has 0 unspecified atom stereocenters. The van der Waals surface area contributed by atoms with Gasteiger partial charge in [-0.1, -0.05) is 23.4 Å².